The molecule has 0 atom stereocenters. The molecule has 0 radical (unpaired) electrons. The number of nitrogens with zero attached hydrogens (tertiary/aromatic N) is 2. The van der Waals surface area contributed by atoms with Gasteiger partial charge in [-0.05, 0) is 55.3 Å². The third kappa shape index (κ3) is 2.50. The van der Waals surface area contributed by atoms with E-state index in [-0.39, 0.29) is 9.80 Å². The van der Waals surface area contributed by atoms with Crippen molar-refractivity contribution in [3.05, 3.63) is 63.7 Å². The summed E-state index contributed by atoms with van der Waals surface area (Å²) in [7, 11) is -3.81. The smallest absolute Gasteiger partial charge is 0.220 e. The molecule has 0 aromatic heterocycles. The van der Waals surface area contributed by atoms with Crippen molar-refractivity contribution in [3.8, 4) is 6.07 Å². The summed E-state index contributed by atoms with van der Waals surface area (Å²) in [6.07, 6.45) is 1.35. The molecule has 0 aliphatic carbocycles. The van der Waals surface area contributed by atoms with E-state index in [1.807, 2.05) is 32.0 Å². The Hall–Kier alpha value is -2.29. The van der Waals surface area contributed by atoms with Crippen LogP contribution in [0.4, 0.5) is 11.4 Å². The minimum Gasteiger partial charge on any atom is -0.314 e. The van der Waals surface area contributed by atoms with Gasteiger partial charge in [0.1, 0.15) is 6.07 Å². The fraction of sp³-hybridized carbons (Fsp3) is 0.118. The van der Waals surface area contributed by atoms with Gasteiger partial charge in [0.2, 0.25) is 9.84 Å². The van der Waals surface area contributed by atoms with Crippen molar-refractivity contribution in [1.29, 1.82) is 5.26 Å². The van der Waals surface area contributed by atoms with E-state index in [1.165, 1.54) is 18.3 Å². The number of rotatable bonds is 1. The molecule has 1 aliphatic heterocycles. The zero-order chi connectivity index (χ0) is 16.8. The maximum absolute atomic E-state index is 12.5. The second kappa shape index (κ2) is 5.41. The molecule has 23 heavy (non-hydrogen) atoms. The van der Waals surface area contributed by atoms with E-state index in [0.29, 0.717) is 10.7 Å². The van der Waals surface area contributed by atoms with Gasteiger partial charge in [-0.25, -0.2) is 8.42 Å². The number of hydrogen-bond acceptors (Lipinski definition) is 4. The van der Waals surface area contributed by atoms with Gasteiger partial charge in [0.05, 0.1) is 10.6 Å². The third-order valence-electron chi connectivity index (χ3n) is 3.88. The van der Waals surface area contributed by atoms with E-state index in [9.17, 15) is 13.7 Å². The van der Waals surface area contributed by atoms with Gasteiger partial charge in [0.15, 0.2) is 4.91 Å². The predicted octanol–water partition coefficient (Wildman–Crippen LogP) is 4.25. The number of anilines is 2. The molecular formula is C17H13ClN2O2S. The summed E-state index contributed by atoms with van der Waals surface area (Å²) < 4.78 is 25.0. The summed E-state index contributed by atoms with van der Waals surface area (Å²) in [6, 6.07) is 12.1. The minimum atomic E-state index is -3.81. The summed E-state index contributed by atoms with van der Waals surface area (Å²) in [6.45, 7) is 3.98. The number of fused-ring (bicyclic) bond motifs is 1. The van der Waals surface area contributed by atoms with Gasteiger partial charge in [-0.1, -0.05) is 17.7 Å². The molecule has 2 aromatic rings. The lowest BCUT2D eigenvalue weighted by Crippen LogP contribution is -2.21. The molecular weight excluding hydrogens is 332 g/mol. The van der Waals surface area contributed by atoms with Crippen LogP contribution in [-0.2, 0) is 9.84 Å². The first-order valence-corrected chi connectivity index (χ1v) is 8.74. The molecule has 2 aromatic carbocycles. The van der Waals surface area contributed by atoms with Gasteiger partial charge in [0.25, 0.3) is 0 Å². The van der Waals surface area contributed by atoms with Crippen LogP contribution in [0.15, 0.2) is 52.4 Å². The van der Waals surface area contributed by atoms with Gasteiger partial charge in [-0.2, -0.15) is 5.26 Å². The first-order chi connectivity index (χ1) is 10.8. The highest BCUT2D eigenvalue weighted by Crippen LogP contribution is 2.40. The van der Waals surface area contributed by atoms with E-state index in [0.717, 1.165) is 16.8 Å². The summed E-state index contributed by atoms with van der Waals surface area (Å²) >= 11 is 6.04. The number of allylic oxidation sites excluding steroid dienone is 1. The Kier molecular flexibility index (Phi) is 3.67. The van der Waals surface area contributed by atoms with Gasteiger partial charge in [0, 0.05) is 16.9 Å². The molecule has 4 nitrogen and oxygen atoms in total. The monoisotopic (exact) mass is 344 g/mol. The maximum atomic E-state index is 12.5. The average Bonchev–Trinajstić information content (AvgIpc) is 2.50. The van der Waals surface area contributed by atoms with Gasteiger partial charge < -0.3 is 4.90 Å². The topological polar surface area (TPSA) is 61.2 Å². The van der Waals surface area contributed by atoms with Crippen molar-refractivity contribution in [2.75, 3.05) is 4.90 Å². The zero-order valence-corrected chi connectivity index (χ0v) is 14.1. The Labute approximate surface area is 140 Å². The summed E-state index contributed by atoms with van der Waals surface area (Å²) in [5.41, 5.74) is 3.43. The average molecular weight is 345 g/mol. The van der Waals surface area contributed by atoms with Crippen LogP contribution < -0.4 is 4.90 Å². The standard InChI is InChI=1S/C17H13ClN2O2S/c1-11-3-5-14(7-12(11)2)20-10-15(9-19)23(21,22)17-6-4-13(18)8-16(17)20/h3-8,10H,1-2H3. The molecule has 0 spiro atoms. The summed E-state index contributed by atoms with van der Waals surface area (Å²) in [5.74, 6) is 0. The van der Waals surface area contributed by atoms with Crippen molar-refractivity contribution in [2.24, 2.45) is 0 Å². The third-order valence-corrected chi connectivity index (χ3v) is 5.82. The number of halogens is 1. The van der Waals surface area contributed by atoms with Crippen LogP contribution in [0, 0.1) is 25.2 Å². The predicted molar refractivity (Wildman–Crippen MR) is 90.4 cm³/mol. The molecule has 0 saturated heterocycles. The Bertz CT molecular complexity index is 988. The van der Waals surface area contributed by atoms with Crippen LogP contribution in [0.2, 0.25) is 5.02 Å². The number of hydrogen-bond donors (Lipinski definition) is 0. The van der Waals surface area contributed by atoms with Crippen LogP contribution >= 0.6 is 11.6 Å². The molecule has 6 heteroatoms. The molecule has 0 fully saturated rings. The molecule has 1 aliphatic rings. The number of nitriles is 1. The first kappa shape index (κ1) is 15.6. The van der Waals surface area contributed by atoms with E-state index < -0.39 is 9.84 Å². The lowest BCUT2D eigenvalue weighted by atomic mass is 10.1. The van der Waals surface area contributed by atoms with Gasteiger partial charge in [-0.15, -0.1) is 0 Å². The second-order valence-corrected chi connectivity index (χ2v) is 7.68. The zero-order valence-electron chi connectivity index (χ0n) is 12.5. The molecule has 116 valence electrons. The van der Waals surface area contributed by atoms with Crippen LogP contribution in [0.3, 0.4) is 0 Å². The van der Waals surface area contributed by atoms with Gasteiger partial charge >= 0.3 is 0 Å². The Morgan fingerprint density at radius 3 is 2.48 bits per heavy atom. The molecule has 0 bridgehead atoms. The minimum absolute atomic E-state index is 0.0826. The summed E-state index contributed by atoms with van der Waals surface area (Å²) in [4.78, 5) is 1.48. The van der Waals surface area contributed by atoms with Crippen molar-refractivity contribution in [1.82, 2.24) is 0 Å². The fourth-order valence-corrected chi connectivity index (χ4v) is 3.91. The molecule has 0 N–H and O–H groups in total. The van der Waals surface area contributed by atoms with E-state index in [2.05, 4.69) is 0 Å². The SMILES string of the molecule is Cc1ccc(N2C=C(C#N)S(=O)(=O)c3ccc(Cl)cc32)cc1C. The van der Waals surface area contributed by atoms with E-state index >= 15 is 0 Å². The summed E-state index contributed by atoms with van der Waals surface area (Å²) in [5, 5.41) is 9.65. The number of sulfone groups is 1. The highest BCUT2D eigenvalue weighted by molar-refractivity contribution is 7.95. The quantitative estimate of drug-likeness (QED) is 0.776. The first-order valence-electron chi connectivity index (χ1n) is 6.87. The van der Waals surface area contributed by atoms with Gasteiger partial charge in [-0.3, -0.25) is 0 Å². The van der Waals surface area contributed by atoms with Crippen LogP contribution in [-0.4, -0.2) is 8.42 Å². The van der Waals surface area contributed by atoms with Crippen molar-refractivity contribution < 1.29 is 8.42 Å². The van der Waals surface area contributed by atoms with Crippen molar-refractivity contribution in [3.63, 3.8) is 0 Å². The highest BCUT2D eigenvalue weighted by atomic mass is 35.5. The lowest BCUT2D eigenvalue weighted by molar-refractivity contribution is 0.602. The number of aryl methyl sites for hydroxylation is 2. The van der Waals surface area contributed by atoms with E-state index in [4.69, 9.17) is 11.6 Å². The van der Waals surface area contributed by atoms with Crippen molar-refractivity contribution >= 4 is 32.8 Å². The van der Waals surface area contributed by atoms with E-state index in [1.54, 1.807) is 17.0 Å². The normalized spacial score (nSPS) is 15.6. The van der Waals surface area contributed by atoms with Crippen LogP contribution in [0.1, 0.15) is 11.1 Å². The molecule has 1 heterocycles. The second-order valence-electron chi connectivity index (χ2n) is 5.36. The lowest BCUT2D eigenvalue weighted by Gasteiger charge is -2.28. The highest BCUT2D eigenvalue weighted by Gasteiger charge is 2.32. The molecule has 0 saturated carbocycles. The number of benzene rings is 2. The van der Waals surface area contributed by atoms with Crippen LogP contribution in [0.25, 0.3) is 0 Å². The Balaban J connectivity index is 2.30. The maximum Gasteiger partial charge on any atom is 0.220 e. The Morgan fingerprint density at radius 1 is 1.09 bits per heavy atom. The fourth-order valence-electron chi connectivity index (χ4n) is 2.46. The molecule has 3 rings (SSSR count). The van der Waals surface area contributed by atoms with Crippen LogP contribution in [0.5, 0.6) is 0 Å². The van der Waals surface area contributed by atoms with Crippen molar-refractivity contribution in [2.45, 2.75) is 18.7 Å². The Morgan fingerprint density at radius 2 is 1.83 bits per heavy atom. The molecule has 0 amide bonds. The largest absolute Gasteiger partial charge is 0.314 e. The molecule has 0 unspecified atom stereocenters.